The molecule has 0 aromatic carbocycles. The van der Waals surface area contributed by atoms with Crippen molar-refractivity contribution >= 4 is 5.97 Å². The van der Waals surface area contributed by atoms with Crippen LogP contribution in [-0.4, -0.2) is 32.3 Å². The van der Waals surface area contributed by atoms with Gasteiger partial charge in [0, 0.05) is 18.6 Å². The molecule has 1 heterocycles. The first kappa shape index (κ1) is 10.5. The van der Waals surface area contributed by atoms with Crippen LogP contribution in [0.5, 0.6) is 0 Å². The highest BCUT2D eigenvalue weighted by Crippen LogP contribution is 2.37. The van der Waals surface area contributed by atoms with Crippen molar-refractivity contribution in [1.82, 2.24) is 0 Å². The zero-order valence-corrected chi connectivity index (χ0v) is 8.21. The summed E-state index contributed by atoms with van der Waals surface area (Å²) in [7, 11) is 1.40. The lowest BCUT2D eigenvalue weighted by molar-refractivity contribution is -0.144. The Morgan fingerprint density at radius 3 is 2.85 bits per heavy atom. The van der Waals surface area contributed by atoms with Gasteiger partial charge in [0.2, 0.25) is 0 Å². The second-order valence-electron chi connectivity index (χ2n) is 3.58. The minimum atomic E-state index is -0.206. The molecule has 4 nitrogen and oxygen atoms in total. The number of esters is 1. The van der Waals surface area contributed by atoms with Gasteiger partial charge in [-0.15, -0.1) is 0 Å². The molecule has 1 fully saturated rings. The second-order valence-corrected chi connectivity index (χ2v) is 3.58. The van der Waals surface area contributed by atoms with E-state index in [1.54, 1.807) is 0 Å². The van der Waals surface area contributed by atoms with Crippen molar-refractivity contribution in [2.75, 3.05) is 20.3 Å². The van der Waals surface area contributed by atoms with E-state index in [1.165, 1.54) is 7.11 Å². The average molecular weight is 187 g/mol. The van der Waals surface area contributed by atoms with Gasteiger partial charge < -0.3 is 15.2 Å². The van der Waals surface area contributed by atoms with Crippen LogP contribution in [0.1, 0.15) is 19.8 Å². The van der Waals surface area contributed by atoms with Gasteiger partial charge in [-0.25, -0.2) is 0 Å². The van der Waals surface area contributed by atoms with Gasteiger partial charge >= 0.3 is 5.97 Å². The van der Waals surface area contributed by atoms with Crippen LogP contribution in [0.3, 0.4) is 0 Å². The molecule has 1 rings (SSSR count). The number of nitrogens with two attached hydrogens (primary N) is 1. The van der Waals surface area contributed by atoms with Crippen molar-refractivity contribution in [1.29, 1.82) is 0 Å². The number of hydrogen-bond donors (Lipinski definition) is 1. The Balaban J connectivity index is 2.64. The third-order valence-corrected chi connectivity index (χ3v) is 2.96. The van der Waals surface area contributed by atoms with Gasteiger partial charge in [-0.1, -0.05) is 0 Å². The maximum Gasteiger partial charge on any atom is 0.306 e. The zero-order chi connectivity index (χ0) is 9.90. The minimum Gasteiger partial charge on any atom is -0.469 e. The zero-order valence-electron chi connectivity index (χ0n) is 8.21. The van der Waals surface area contributed by atoms with E-state index in [1.807, 2.05) is 6.92 Å². The molecule has 1 saturated heterocycles. The lowest BCUT2D eigenvalue weighted by Gasteiger charge is -2.29. The quantitative estimate of drug-likeness (QED) is 0.646. The highest BCUT2D eigenvalue weighted by Gasteiger charge is 2.42. The summed E-state index contributed by atoms with van der Waals surface area (Å²) in [5.41, 5.74) is 5.47. The predicted molar refractivity (Wildman–Crippen MR) is 48.2 cm³/mol. The topological polar surface area (TPSA) is 61.5 Å². The lowest BCUT2D eigenvalue weighted by atomic mass is 9.79. The monoisotopic (exact) mass is 187 g/mol. The number of carbonyl (C=O) groups excluding carboxylic acids is 1. The minimum absolute atomic E-state index is 0.0524. The van der Waals surface area contributed by atoms with Crippen molar-refractivity contribution in [3.8, 4) is 0 Å². The van der Waals surface area contributed by atoms with Gasteiger partial charge in [-0.3, -0.25) is 4.79 Å². The molecule has 0 amide bonds. The van der Waals surface area contributed by atoms with Gasteiger partial charge in [-0.05, 0) is 13.3 Å². The van der Waals surface area contributed by atoms with Gasteiger partial charge in [-0.2, -0.15) is 0 Å². The molecule has 1 aliphatic rings. The highest BCUT2D eigenvalue weighted by atomic mass is 16.5. The average Bonchev–Trinajstić information content (AvgIpc) is 2.48. The van der Waals surface area contributed by atoms with E-state index in [2.05, 4.69) is 4.74 Å². The Morgan fingerprint density at radius 1 is 1.77 bits per heavy atom. The maximum atomic E-state index is 11.1. The van der Waals surface area contributed by atoms with Crippen molar-refractivity contribution in [3.05, 3.63) is 0 Å². The van der Waals surface area contributed by atoms with Crippen molar-refractivity contribution in [2.45, 2.75) is 25.9 Å². The summed E-state index contributed by atoms with van der Waals surface area (Å²) in [6, 6.07) is 0. The molecule has 2 unspecified atom stereocenters. The first-order valence-electron chi connectivity index (χ1n) is 4.53. The fourth-order valence-corrected chi connectivity index (χ4v) is 1.75. The second kappa shape index (κ2) is 4.07. The van der Waals surface area contributed by atoms with Crippen LogP contribution >= 0.6 is 0 Å². The Hall–Kier alpha value is -0.610. The first-order valence-corrected chi connectivity index (χ1v) is 4.53. The molecular weight excluding hydrogens is 170 g/mol. The molecule has 0 aromatic rings. The number of carbonyl (C=O) groups is 1. The van der Waals surface area contributed by atoms with Gasteiger partial charge in [0.15, 0.2) is 0 Å². The molecule has 76 valence electrons. The Labute approximate surface area is 78.4 Å². The number of ether oxygens (including phenoxy) is 2. The largest absolute Gasteiger partial charge is 0.469 e. The van der Waals surface area contributed by atoms with Crippen LogP contribution in [0.25, 0.3) is 0 Å². The molecule has 4 heteroatoms. The van der Waals surface area contributed by atoms with E-state index in [0.717, 1.165) is 6.42 Å². The summed E-state index contributed by atoms with van der Waals surface area (Å²) in [5, 5.41) is 0. The molecule has 2 atom stereocenters. The number of rotatable bonds is 3. The van der Waals surface area contributed by atoms with E-state index in [4.69, 9.17) is 10.5 Å². The Morgan fingerprint density at radius 2 is 2.46 bits per heavy atom. The molecule has 0 radical (unpaired) electrons. The van der Waals surface area contributed by atoms with Gasteiger partial charge in [0.05, 0.1) is 19.6 Å². The molecular formula is C9H17NO3. The lowest BCUT2D eigenvalue weighted by Crippen LogP contribution is -2.39. The normalized spacial score (nSPS) is 33.3. The van der Waals surface area contributed by atoms with Crippen LogP contribution in [0.15, 0.2) is 0 Å². The first-order chi connectivity index (χ1) is 6.14. The predicted octanol–water partition coefficient (Wildman–Crippen LogP) is 0.303. The van der Waals surface area contributed by atoms with Gasteiger partial charge in [0.1, 0.15) is 0 Å². The van der Waals surface area contributed by atoms with E-state index < -0.39 is 0 Å². The van der Waals surface area contributed by atoms with Crippen LogP contribution in [0, 0.1) is 5.41 Å². The maximum absolute atomic E-state index is 11.1. The summed E-state index contributed by atoms with van der Waals surface area (Å²) < 4.78 is 10.1. The van der Waals surface area contributed by atoms with E-state index >= 15 is 0 Å². The Bertz CT molecular complexity index is 195. The van der Waals surface area contributed by atoms with Crippen molar-refractivity contribution < 1.29 is 14.3 Å². The molecule has 0 aromatic heterocycles. The molecule has 0 saturated carbocycles. The van der Waals surface area contributed by atoms with E-state index in [-0.39, 0.29) is 17.5 Å². The highest BCUT2D eigenvalue weighted by molar-refractivity contribution is 5.70. The SMILES string of the molecule is COC(=O)CC1(CN)CCOC1C. The van der Waals surface area contributed by atoms with Crippen molar-refractivity contribution in [2.24, 2.45) is 11.1 Å². The number of hydrogen-bond acceptors (Lipinski definition) is 4. The standard InChI is InChI=1S/C9H17NO3/c1-7-9(6-10,3-4-13-7)5-8(11)12-2/h7H,3-6,10H2,1-2H3. The summed E-state index contributed by atoms with van der Waals surface area (Å²) in [5.74, 6) is -0.206. The fraction of sp³-hybridized carbons (Fsp3) is 0.889. The molecule has 13 heavy (non-hydrogen) atoms. The number of methoxy groups -OCH3 is 1. The molecule has 0 aliphatic carbocycles. The summed E-state index contributed by atoms with van der Waals surface area (Å²) >= 11 is 0. The molecule has 1 aliphatic heterocycles. The fourth-order valence-electron chi connectivity index (χ4n) is 1.75. The van der Waals surface area contributed by atoms with Crippen LogP contribution in [-0.2, 0) is 14.3 Å². The van der Waals surface area contributed by atoms with Crippen LogP contribution < -0.4 is 5.73 Å². The van der Waals surface area contributed by atoms with Crippen molar-refractivity contribution in [3.63, 3.8) is 0 Å². The van der Waals surface area contributed by atoms with Gasteiger partial charge in [0.25, 0.3) is 0 Å². The molecule has 2 N–H and O–H groups in total. The third-order valence-electron chi connectivity index (χ3n) is 2.96. The Kier molecular flexibility index (Phi) is 3.27. The summed E-state index contributed by atoms with van der Waals surface area (Å²) in [4.78, 5) is 11.1. The van der Waals surface area contributed by atoms with E-state index in [0.29, 0.717) is 19.6 Å². The smallest absolute Gasteiger partial charge is 0.306 e. The van der Waals surface area contributed by atoms with Crippen LogP contribution in [0.2, 0.25) is 0 Å². The molecule has 0 spiro atoms. The molecule has 0 bridgehead atoms. The third kappa shape index (κ3) is 2.00. The summed E-state index contributed by atoms with van der Waals surface area (Å²) in [6.07, 6.45) is 1.26. The van der Waals surface area contributed by atoms with Crippen LogP contribution in [0.4, 0.5) is 0 Å². The summed E-state index contributed by atoms with van der Waals surface area (Å²) in [6.45, 7) is 3.13. The van der Waals surface area contributed by atoms with E-state index in [9.17, 15) is 4.79 Å².